The van der Waals surface area contributed by atoms with Crippen LogP contribution in [0.15, 0.2) is 6.07 Å². The van der Waals surface area contributed by atoms with E-state index in [0.29, 0.717) is 22.5 Å². The molecule has 3 N–H and O–H groups in total. The number of aromatic nitrogens is 2. The zero-order chi connectivity index (χ0) is 12.8. The van der Waals surface area contributed by atoms with Gasteiger partial charge in [-0.1, -0.05) is 38.9 Å². The number of aryl methyl sites for hydroxylation is 1. The lowest BCUT2D eigenvalue weighted by Crippen LogP contribution is -2.18. The number of nitrogens with two attached hydrogens (primary N) is 1. The van der Waals surface area contributed by atoms with Gasteiger partial charge in [0.25, 0.3) is 0 Å². The van der Waals surface area contributed by atoms with E-state index in [-0.39, 0.29) is 0 Å². The zero-order valence-corrected chi connectivity index (χ0v) is 11.5. The minimum absolute atomic E-state index is 0.307. The van der Waals surface area contributed by atoms with Crippen molar-refractivity contribution in [3.63, 3.8) is 0 Å². The number of thiocarbonyl (C=S) groups is 1. The molecule has 0 spiro atoms. The number of anilines is 1. The normalized spacial score (nSPS) is 10.6. The van der Waals surface area contributed by atoms with E-state index in [1.54, 1.807) is 6.07 Å². The molecule has 1 aromatic rings. The molecule has 0 bridgehead atoms. The van der Waals surface area contributed by atoms with Gasteiger partial charge in [0.05, 0.1) is 0 Å². The summed E-state index contributed by atoms with van der Waals surface area (Å²) in [5, 5.41) is 3.25. The molecule has 0 atom stereocenters. The summed E-state index contributed by atoms with van der Waals surface area (Å²) in [4.78, 5) is 8.91. The number of hydrogen-bond donors (Lipinski definition) is 2. The molecule has 5 heteroatoms. The molecule has 0 saturated carbocycles. The average molecular weight is 252 g/mol. The molecule has 0 fully saturated rings. The van der Waals surface area contributed by atoms with Gasteiger partial charge in [-0.3, -0.25) is 0 Å². The lowest BCUT2D eigenvalue weighted by Gasteiger charge is -2.13. The first-order valence-corrected chi connectivity index (χ1v) is 6.37. The molecular weight excluding hydrogens is 232 g/mol. The third kappa shape index (κ3) is 4.26. The minimum Gasteiger partial charge on any atom is -0.388 e. The van der Waals surface area contributed by atoms with E-state index in [2.05, 4.69) is 29.1 Å². The van der Waals surface area contributed by atoms with Crippen molar-refractivity contribution in [3.8, 4) is 0 Å². The molecule has 0 amide bonds. The second-order valence-electron chi connectivity index (χ2n) is 4.15. The number of hydrogen-bond acceptors (Lipinski definition) is 4. The van der Waals surface area contributed by atoms with Gasteiger partial charge in [0, 0.05) is 12.2 Å². The predicted octanol–water partition coefficient (Wildman–Crippen LogP) is 2.27. The summed E-state index contributed by atoms with van der Waals surface area (Å²) in [6.45, 7) is 7.17. The van der Waals surface area contributed by atoms with Gasteiger partial charge in [0.2, 0.25) is 5.95 Å². The van der Waals surface area contributed by atoms with E-state index in [0.717, 1.165) is 25.1 Å². The van der Waals surface area contributed by atoms with Gasteiger partial charge < -0.3 is 11.1 Å². The lowest BCUT2D eigenvalue weighted by molar-refractivity contribution is 0.517. The fraction of sp³-hybridized carbons (Fsp3) is 0.583. The summed E-state index contributed by atoms with van der Waals surface area (Å²) >= 11 is 4.92. The van der Waals surface area contributed by atoms with Gasteiger partial charge >= 0.3 is 0 Å². The van der Waals surface area contributed by atoms with Crippen molar-refractivity contribution in [1.29, 1.82) is 0 Å². The highest BCUT2D eigenvalue weighted by molar-refractivity contribution is 7.80. The first kappa shape index (κ1) is 13.8. The fourth-order valence-corrected chi connectivity index (χ4v) is 1.69. The van der Waals surface area contributed by atoms with E-state index in [1.807, 2.05) is 6.92 Å². The molecule has 17 heavy (non-hydrogen) atoms. The standard InChI is InChI=1S/C12H20N4S/c1-4-9(5-2)7-14-12-15-8(3)6-10(16-12)11(13)17/h6,9H,4-5,7H2,1-3H3,(H2,13,17)(H,14,15,16). The first-order valence-electron chi connectivity index (χ1n) is 5.96. The maximum Gasteiger partial charge on any atom is 0.223 e. The largest absolute Gasteiger partial charge is 0.388 e. The quantitative estimate of drug-likeness (QED) is 0.760. The Bertz CT molecular complexity index is 388. The van der Waals surface area contributed by atoms with Crippen molar-refractivity contribution >= 4 is 23.2 Å². The van der Waals surface area contributed by atoms with Crippen LogP contribution in [0.1, 0.15) is 38.1 Å². The van der Waals surface area contributed by atoms with E-state index in [9.17, 15) is 0 Å². The van der Waals surface area contributed by atoms with Crippen molar-refractivity contribution in [2.75, 3.05) is 11.9 Å². The second-order valence-corrected chi connectivity index (χ2v) is 4.59. The van der Waals surface area contributed by atoms with Crippen molar-refractivity contribution in [1.82, 2.24) is 9.97 Å². The Balaban J connectivity index is 2.74. The molecule has 0 aliphatic carbocycles. The van der Waals surface area contributed by atoms with Gasteiger partial charge in [-0.2, -0.15) is 0 Å². The Morgan fingerprint density at radius 3 is 2.59 bits per heavy atom. The van der Waals surface area contributed by atoms with Crippen LogP contribution in [0, 0.1) is 12.8 Å². The monoisotopic (exact) mass is 252 g/mol. The topological polar surface area (TPSA) is 63.8 Å². The van der Waals surface area contributed by atoms with E-state index in [1.165, 1.54) is 0 Å². The Labute approximate surface area is 108 Å². The summed E-state index contributed by atoms with van der Waals surface area (Å²) in [7, 11) is 0. The van der Waals surface area contributed by atoms with Crippen LogP contribution in [0.3, 0.4) is 0 Å². The molecule has 4 nitrogen and oxygen atoms in total. The van der Waals surface area contributed by atoms with Crippen molar-refractivity contribution < 1.29 is 0 Å². The molecule has 94 valence electrons. The number of nitrogens with one attached hydrogen (secondary N) is 1. The van der Waals surface area contributed by atoms with Crippen LogP contribution in [0.25, 0.3) is 0 Å². The smallest absolute Gasteiger partial charge is 0.223 e. The van der Waals surface area contributed by atoms with E-state index < -0.39 is 0 Å². The highest BCUT2D eigenvalue weighted by atomic mass is 32.1. The van der Waals surface area contributed by atoms with E-state index >= 15 is 0 Å². The summed E-state index contributed by atoms with van der Waals surface area (Å²) in [5.41, 5.74) is 7.07. The summed E-state index contributed by atoms with van der Waals surface area (Å²) in [6.07, 6.45) is 2.30. The van der Waals surface area contributed by atoms with E-state index in [4.69, 9.17) is 18.0 Å². The van der Waals surface area contributed by atoms with Crippen LogP contribution in [0.2, 0.25) is 0 Å². The Hall–Kier alpha value is -1.23. The fourth-order valence-electron chi connectivity index (χ4n) is 1.59. The minimum atomic E-state index is 0.307. The van der Waals surface area contributed by atoms with Crippen molar-refractivity contribution in [2.24, 2.45) is 11.7 Å². The van der Waals surface area contributed by atoms with Crippen molar-refractivity contribution in [2.45, 2.75) is 33.6 Å². The van der Waals surface area contributed by atoms with Crippen LogP contribution in [-0.2, 0) is 0 Å². The SMILES string of the molecule is CCC(CC)CNc1nc(C)cc(C(N)=S)n1. The molecular formula is C12H20N4S. The maximum atomic E-state index is 5.57. The highest BCUT2D eigenvalue weighted by Crippen LogP contribution is 2.10. The third-order valence-electron chi connectivity index (χ3n) is 2.81. The lowest BCUT2D eigenvalue weighted by atomic mass is 10.0. The van der Waals surface area contributed by atoms with Crippen LogP contribution < -0.4 is 11.1 Å². The third-order valence-corrected chi connectivity index (χ3v) is 3.02. The molecule has 0 unspecified atom stereocenters. The van der Waals surface area contributed by atoms with Crippen LogP contribution in [0.4, 0.5) is 5.95 Å². The Morgan fingerprint density at radius 2 is 2.06 bits per heavy atom. The molecule has 1 heterocycles. The Morgan fingerprint density at radius 1 is 1.41 bits per heavy atom. The van der Waals surface area contributed by atoms with Crippen LogP contribution in [-0.4, -0.2) is 21.5 Å². The van der Waals surface area contributed by atoms with Gasteiger partial charge in [-0.05, 0) is 18.9 Å². The maximum absolute atomic E-state index is 5.57. The molecule has 0 aliphatic heterocycles. The number of nitrogens with zero attached hydrogens (tertiary/aromatic N) is 2. The van der Waals surface area contributed by atoms with Gasteiger partial charge in [-0.25, -0.2) is 9.97 Å². The van der Waals surface area contributed by atoms with Gasteiger partial charge in [0.15, 0.2) is 0 Å². The molecule has 1 aromatic heterocycles. The first-order chi connectivity index (χ1) is 8.06. The summed E-state index contributed by atoms with van der Waals surface area (Å²) in [6, 6.07) is 1.80. The van der Waals surface area contributed by atoms with Gasteiger partial charge in [-0.15, -0.1) is 0 Å². The van der Waals surface area contributed by atoms with Crippen LogP contribution in [0.5, 0.6) is 0 Å². The predicted molar refractivity (Wildman–Crippen MR) is 75.2 cm³/mol. The molecule has 0 saturated heterocycles. The van der Waals surface area contributed by atoms with Gasteiger partial charge in [0.1, 0.15) is 10.7 Å². The average Bonchev–Trinajstić information content (AvgIpc) is 2.29. The molecule has 0 radical (unpaired) electrons. The summed E-state index contributed by atoms with van der Waals surface area (Å²) in [5.74, 6) is 1.26. The summed E-state index contributed by atoms with van der Waals surface area (Å²) < 4.78 is 0. The second kappa shape index (κ2) is 6.49. The molecule has 0 aromatic carbocycles. The molecule has 1 rings (SSSR count). The Kier molecular flexibility index (Phi) is 5.28. The van der Waals surface area contributed by atoms with Crippen LogP contribution >= 0.6 is 12.2 Å². The zero-order valence-electron chi connectivity index (χ0n) is 10.7. The van der Waals surface area contributed by atoms with Crippen molar-refractivity contribution in [3.05, 3.63) is 17.5 Å². The molecule has 0 aliphatic rings. The number of rotatable bonds is 6. The highest BCUT2D eigenvalue weighted by Gasteiger charge is 2.07.